The smallest absolute Gasteiger partial charge is 0.307 e. The normalized spacial score (nSPS) is 29.5. The number of rotatable bonds is 5. The maximum absolute atomic E-state index is 12.8. The average Bonchev–Trinajstić information content (AvgIpc) is 3.09. The van der Waals surface area contributed by atoms with Crippen molar-refractivity contribution in [2.75, 3.05) is 6.54 Å². The highest BCUT2D eigenvalue weighted by Gasteiger charge is 2.53. The monoisotopic (exact) mass is 305 g/mol. The summed E-state index contributed by atoms with van der Waals surface area (Å²) in [6.07, 6.45) is 3.38. The number of hydrogen-bond acceptors (Lipinski definition) is 2. The van der Waals surface area contributed by atoms with E-state index in [0.29, 0.717) is 13.0 Å². The van der Waals surface area contributed by atoms with Gasteiger partial charge >= 0.3 is 5.97 Å². The molecule has 4 nitrogen and oxygen atoms in total. The zero-order valence-corrected chi connectivity index (χ0v) is 12.3. The van der Waals surface area contributed by atoms with Crippen LogP contribution in [0.5, 0.6) is 0 Å². The first kappa shape index (κ1) is 15.0. The Morgan fingerprint density at radius 1 is 1.14 bits per heavy atom. The fourth-order valence-corrected chi connectivity index (χ4v) is 4.12. The molecule has 1 amide bonds. The van der Waals surface area contributed by atoms with Crippen molar-refractivity contribution < 1.29 is 19.1 Å². The van der Waals surface area contributed by atoms with Gasteiger partial charge in [0.2, 0.25) is 5.91 Å². The number of carboxylic acid groups (broad SMARTS) is 1. The third-order valence-electron chi connectivity index (χ3n) is 5.13. The highest BCUT2D eigenvalue weighted by molar-refractivity contribution is 5.86. The summed E-state index contributed by atoms with van der Waals surface area (Å²) in [6.45, 7) is 0.449. The largest absolute Gasteiger partial charge is 0.481 e. The third-order valence-corrected chi connectivity index (χ3v) is 5.13. The summed E-state index contributed by atoms with van der Waals surface area (Å²) in [4.78, 5) is 23.8. The van der Waals surface area contributed by atoms with Gasteiger partial charge < -0.3 is 10.4 Å². The van der Waals surface area contributed by atoms with Gasteiger partial charge in [-0.05, 0) is 55.2 Å². The summed E-state index contributed by atoms with van der Waals surface area (Å²) in [7, 11) is 0. The Bertz CT molecular complexity index is 572. The standard InChI is InChI=1S/C17H20FNO3/c18-13-5-1-10(2-6-13)7-8-19-16(20)14-11-3-4-12(9-11)15(14)17(21)22/h1-2,5-6,11-12,14-15H,3-4,7-9H2,(H,19,20)(H,21,22)/t11-,12+,14+,15+/m1/s1. The molecule has 0 unspecified atom stereocenters. The van der Waals surface area contributed by atoms with Crippen molar-refractivity contribution >= 4 is 11.9 Å². The number of benzene rings is 1. The van der Waals surface area contributed by atoms with E-state index in [1.54, 1.807) is 12.1 Å². The molecule has 2 aliphatic rings. The van der Waals surface area contributed by atoms with E-state index in [9.17, 15) is 19.1 Å². The van der Waals surface area contributed by atoms with Gasteiger partial charge in [-0.25, -0.2) is 4.39 Å². The number of amides is 1. The molecule has 2 N–H and O–H groups in total. The summed E-state index contributed by atoms with van der Waals surface area (Å²) in [5, 5.41) is 12.2. The van der Waals surface area contributed by atoms with E-state index < -0.39 is 11.9 Å². The van der Waals surface area contributed by atoms with Crippen molar-refractivity contribution in [3.05, 3.63) is 35.6 Å². The Kier molecular flexibility index (Phi) is 4.14. The molecule has 22 heavy (non-hydrogen) atoms. The second-order valence-electron chi connectivity index (χ2n) is 6.39. The number of hydrogen-bond donors (Lipinski definition) is 2. The molecule has 118 valence electrons. The molecular formula is C17H20FNO3. The van der Waals surface area contributed by atoms with Gasteiger partial charge in [0, 0.05) is 6.54 Å². The molecule has 0 heterocycles. The first-order valence-electron chi connectivity index (χ1n) is 7.81. The maximum Gasteiger partial charge on any atom is 0.307 e. The quantitative estimate of drug-likeness (QED) is 0.876. The van der Waals surface area contributed by atoms with Crippen LogP contribution in [0.2, 0.25) is 0 Å². The first-order chi connectivity index (χ1) is 10.6. The van der Waals surface area contributed by atoms with Crippen LogP contribution in [0.25, 0.3) is 0 Å². The van der Waals surface area contributed by atoms with Gasteiger partial charge in [-0.15, -0.1) is 0 Å². The lowest BCUT2D eigenvalue weighted by Gasteiger charge is -2.27. The number of aliphatic carboxylic acids is 1. The summed E-state index contributed by atoms with van der Waals surface area (Å²) >= 11 is 0. The van der Waals surface area contributed by atoms with Gasteiger partial charge in [0.15, 0.2) is 0 Å². The second-order valence-corrected chi connectivity index (χ2v) is 6.39. The zero-order chi connectivity index (χ0) is 15.7. The van der Waals surface area contributed by atoms with E-state index in [1.807, 2.05) is 0 Å². The summed E-state index contributed by atoms with van der Waals surface area (Å²) < 4.78 is 12.8. The zero-order valence-electron chi connectivity index (χ0n) is 12.3. The molecule has 0 radical (unpaired) electrons. The van der Waals surface area contributed by atoms with Gasteiger partial charge in [-0.2, -0.15) is 0 Å². The summed E-state index contributed by atoms with van der Waals surface area (Å²) in [5.74, 6) is -1.78. The molecule has 1 aromatic carbocycles. The van der Waals surface area contributed by atoms with E-state index in [-0.39, 0.29) is 29.5 Å². The van der Waals surface area contributed by atoms with Crippen molar-refractivity contribution in [2.45, 2.75) is 25.7 Å². The van der Waals surface area contributed by atoms with Crippen LogP contribution in [0.1, 0.15) is 24.8 Å². The lowest BCUT2D eigenvalue weighted by Crippen LogP contribution is -2.41. The maximum atomic E-state index is 12.8. The fourth-order valence-electron chi connectivity index (χ4n) is 4.12. The predicted octanol–water partition coefficient (Wildman–Crippen LogP) is 2.23. The molecule has 2 bridgehead atoms. The molecule has 5 heteroatoms. The Hall–Kier alpha value is -1.91. The van der Waals surface area contributed by atoms with Gasteiger partial charge in [0.1, 0.15) is 5.82 Å². The van der Waals surface area contributed by atoms with Crippen LogP contribution in [0.3, 0.4) is 0 Å². The average molecular weight is 305 g/mol. The lowest BCUT2D eigenvalue weighted by molar-refractivity contribution is -0.149. The summed E-state index contributed by atoms with van der Waals surface area (Å²) in [5.41, 5.74) is 0.949. The molecule has 2 aliphatic carbocycles. The fraction of sp³-hybridized carbons (Fsp3) is 0.529. The highest BCUT2D eigenvalue weighted by atomic mass is 19.1. The van der Waals surface area contributed by atoms with Crippen molar-refractivity contribution in [3.63, 3.8) is 0 Å². The van der Waals surface area contributed by atoms with Crippen LogP contribution in [-0.4, -0.2) is 23.5 Å². The molecule has 2 saturated carbocycles. The van der Waals surface area contributed by atoms with Gasteiger partial charge in [-0.3, -0.25) is 9.59 Å². The number of carboxylic acids is 1. The molecule has 2 fully saturated rings. The van der Waals surface area contributed by atoms with Crippen LogP contribution in [0.15, 0.2) is 24.3 Å². The topological polar surface area (TPSA) is 66.4 Å². The number of carbonyl (C=O) groups excluding carboxylic acids is 1. The van der Waals surface area contributed by atoms with Crippen molar-refractivity contribution in [1.82, 2.24) is 5.32 Å². The van der Waals surface area contributed by atoms with E-state index in [1.165, 1.54) is 12.1 Å². The molecule has 4 atom stereocenters. The Balaban J connectivity index is 1.55. The minimum Gasteiger partial charge on any atom is -0.481 e. The van der Waals surface area contributed by atoms with Crippen LogP contribution in [-0.2, 0) is 16.0 Å². The second kappa shape index (κ2) is 6.07. The molecule has 1 aromatic rings. The van der Waals surface area contributed by atoms with Gasteiger partial charge in [-0.1, -0.05) is 12.1 Å². The van der Waals surface area contributed by atoms with E-state index >= 15 is 0 Å². The molecule has 0 aromatic heterocycles. The van der Waals surface area contributed by atoms with Crippen LogP contribution < -0.4 is 5.32 Å². The van der Waals surface area contributed by atoms with E-state index in [0.717, 1.165) is 24.8 Å². The minimum atomic E-state index is -0.842. The van der Waals surface area contributed by atoms with Crippen LogP contribution in [0.4, 0.5) is 4.39 Å². The number of halogens is 1. The molecule has 0 saturated heterocycles. The predicted molar refractivity (Wildman–Crippen MR) is 78.6 cm³/mol. The van der Waals surface area contributed by atoms with Crippen LogP contribution >= 0.6 is 0 Å². The first-order valence-corrected chi connectivity index (χ1v) is 7.81. The van der Waals surface area contributed by atoms with E-state index in [2.05, 4.69) is 5.32 Å². The summed E-state index contributed by atoms with van der Waals surface area (Å²) in [6, 6.07) is 6.18. The minimum absolute atomic E-state index is 0.137. The number of fused-ring (bicyclic) bond motifs is 2. The Morgan fingerprint density at radius 3 is 2.41 bits per heavy atom. The van der Waals surface area contributed by atoms with Gasteiger partial charge in [0.25, 0.3) is 0 Å². The van der Waals surface area contributed by atoms with E-state index in [4.69, 9.17) is 0 Å². The Morgan fingerprint density at radius 2 is 1.77 bits per heavy atom. The Labute approximate surface area is 128 Å². The van der Waals surface area contributed by atoms with Crippen molar-refractivity contribution in [1.29, 1.82) is 0 Å². The molecule has 0 aliphatic heterocycles. The number of nitrogens with one attached hydrogen (secondary N) is 1. The third kappa shape index (κ3) is 2.85. The molecular weight excluding hydrogens is 285 g/mol. The number of carbonyl (C=O) groups is 2. The van der Waals surface area contributed by atoms with Crippen LogP contribution in [0, 0.1) is 29.5 Å². The van der Waals surface area contributed by atoms with Crippen molar-refractivity contribution in [3.8, 4) is 0 Å². The lowest BCUT2D eigenvalue weighted by atomic mass is 9.78. The highest BCUT2D eigenvalue weighted by Crippen LogP contribution is 2.52. The molecule has 0 spiro atoms. The molecule has 3 rings (SSSR count). The van der Waals surface area contributed by atoms with Gasteiger partial charge in [0.05, 0.1) is 11.8 Å². The SMILES string of the molecule is O=C(O)[C@H]1[C@H]2CC[C@H](C2)[C@@H]1C(=O)NCCc1ccc(F)cc1. The van der Waals surface area contributed by atoms with Crippen molar-refractivity contribution in [2.24, 2.45) is 23.7 Å².